The van der Waals surface area contributed by atoms with Gasteiger partial charge in [0.2, 0.25) is 19.4 Å². The highest BCUT2D eigenvalue weighted by Crippen LogP contribution is 2.31. The monoisotopic (exact) mass is 534 g/mol. The predicted octanol–water partition coefficient (Wildman–Crippen LogP) is 3.43. The first-order valence-electron chi connectivity index (χ1n) is 10.1. The third-order valence-corrected chi connectivity index (χ3v) is 7.56. The number of rotatable bonds is 7. The number of nitrogens with one attached hydrogen (secondary N) is 1. The van der Waals surface area contributed by atoms with Crippen LogP contribution in [0.2, 0.25) is 5.02 Å². The number of ether oxygens (including phenoxy) is 3. The summed E-state index contributed by atoms with van der Waals surface area (Å²) in [5.41, 5.74) is 0.473. The van der Waals surface area contributed by atoms with Crippen LogP contribution in [0.4, 0.5) is 0 Å². The van der Waals surface area contributed by atoms with Gasteiger partial charge in [-0.25, -0.2) is 8.42 Å². The molecule has 0 unspecified atom stereocenters. The molecular weight excluding hydrogens is 516 g/mol. The van der Waals surface area contributed by atoms with Gasteiger partial charge in [0, 0.05) is 6.26 Å². The summed E-state index contributed by atoms with van der Waals surface area (Å²) in [6.45, 7) is 0.491. The Labute approximate surface area is 210 Å². The summed E-state index contributed by atoms with van der Waals surface area (Å²) >= 11 is 7.06. The average molecular weight is 535 g/mol. The Morgan fingerprint density at radius 3 is 2.46 bits per heavy atom. The zero-order chi connectivity index (χ0) is 25.2. The van der Waals surface area contributed by atoms with Crippen molar-refractivity contribution in [1.82, 2.24) is 5.01 Å². The van der Waals surface area contributed by atoms with Crippen LogP contribution in [0.25, 0.3) is 6.08 Å². The molecule has 2 aliphatic rings. The van der Waals surface area contributed by atoms with Gasteiger partial charge < -0.3 is 14.2 Å². The second-order valence-electron chi connectivity index (χ2n) is 7.20. The number of aliphatic imine (C=N–C) groups is 1. The van der Waals surface area contributed by atoms with E-state index in [1.165, 1.54) is 6.08 Å². The Bertz CT molecular complexity index is 1400. The molecule has 10 nitrogen and oxygen atoms in total. The van der Waals surface area contributed by atoms with Gasteiger partial charge in [-0.15, -0.1) is 5.10 Å². The van der Waals surface area contributed by atoms with Crippen LogP contribution in [0.5, 0.6) is 17.2 Å². The van der Waals surface area contributed by atoms with E-state index in [4.69, 9.17) is 31.2 Å². The molecular formula is C22H19ClN4O6S2. The van der Waals surface area contributed by atoms with Gasteiger partial charge in [-0.3, -0.25) is 10.2 Å². The number of nitrogens with zero attached hydrogens (tertiary/aromatic N) is 3. The number of benzene rings is 2. The number of carbonyl (C=O) groups excluding carboxylic acids is 1. The van der Waals surface area contributed by atoms with E-state index in [1.54, 1.807) is 37.4 Å². The minimum Gasteiger partial charge on any atom is -0.493 e. The first-order chi connectivity index (χ1) is 16.7. The van der Waals surface area contributed by atoms with Crippen LogP contribution in [0, 0.1) is 5.41 Å². The first-order valence-corrected chi connectivity index (χ1v) is 13.1. The lowest BCUT2D eigenvalue weighted by atomic mass is 10.1. The summed E-state index contributed by atoms with van der Waals surface area (Å²) in [4.78, 5) is 16.3. The van der Waals surface area contributed by atoms with Gasteiger partial charge in [0.05, 0.1) is 17.7 Å². The Balaban J connectivity index is 1.43. The molecule has 1 amide bonds. The second kappa shape index (κ2) is 10.1. The van der Waals surface area contributed by atoms with Crippen LogP contribution in [-0.2, 0) is 14.6 Å². The number of amidine groups is 2. The molecule has 0 aliphatic carbocycles. The van der Waals surface area contributed by atoms with E-state index < -0.39 is 15.7 Å². The summed E-state index contributed by atoms with van der Waals surface area (Å²) in [5.74, 6) is 0.676. The molecule has 0 aromatic heterocycles. The van der Waals surface area contributed by atoms with Crippen LogP contribution in [0.3, 0.4) is 0 Å². The van der Waals surface area contributed by atoms with Crippen LogP contribution >= 0.6 is 23.4 Å². The molecule has 4 rings (SSSR count). The van der Waals surface area contributed by atoms with E-state index >= 15 is 0 Å². The van der Waals surface area contributed by atoms with Crippen molar-refractivity contribution in [3.05, 3.63) is 58.6 Å². The van der Waals surface area contributed by atoms with E-state index in [-0.39, 0.29) is 34.2 Å². The van der Waals surface area contributed by atoms with Crippen molar-refractivity contribution in [2.75, 3.05) is 26.6 Å². The van der Waals surface area contributed by atoms with Gasteiger partial charge >= 0.3 is 0 Å². The molecule has 13 heteroatoms. The summed E-state index contributed by atoms with van der Waals surface area (Å²) in [6, 6.07) is 12.1. The SMILES string of the molecule is COc1ccccc1OCCOc1ccc(/C=C2/C(=N)N3N=C(S(C)(=O)=O)SC3=NC2=O)cc1Cl. The molecule has 2 aromatic carbocycles. The van der Waals surface area contributed by atoms with E-state index in [0.29, 0.717) is 27.8 Å². The van der Waals surface area contributed by atoms with E-state index in [2.05, 4.69) is 10.1 Å². The number of carbonyl (C=O) groups is 1. The molecule has 0 spiro atoms. The number of hydrazone groups is 1. The smallest absolute Gasteiger partial charge is 0.283 e. The highest BCUT2D eigenvalue weighted by Gasteiger charge is 2.38. The van der Waals surface area contributed by atoms with Gasteiger partial charge in [0.25, 0.3) is 5.91 Å². The van der Waals surface area contributed by atoms with Crippen molar-refractivity contribution in [2.45, 2.75) is 0 Å². The summed E-state index contributed by atoms with van der Waals surface area (Å²) in [5, 5.41) is 13.6. The van der Waals surface area contributed by atoms with Gasteiger partial charge in [0.1, 0.15) is 19.0 Å². The number of thioether (sulfide) groups is 1. The zero-order valence-corrected chi connectivity index (χ0v) is 20.9. The maximum absolute atomic E-state index is 12.5. The molecule has 0 saturated heterocycles. The minimum absolute atomic E-state index is 0.0229. The highest BCUT2D eigenvalue weighted by atomic mass is 35.5. The van der Waals surface area contributed by atoms with Gasteiger partial charge in [-0.05, 0) is 47.7 Å². The van der Waals surface area contributed by atoms with Gasteiger partial charge in [-0.1, -0.05) is 29.8 Å². The molecule has 0 fully saturated rings. The Kier molecular flexibility index (Phi) is 7.15. The molecule has 0 radical (unpaired) electrons. The summed E-state index contributed by atoms with van der Waals surface area (Å²) in [7, 11) is -2.04. The lowest BCUT2D eigenvalue weighted by molar-refractivity contribution is -0.114. The first kappa shape index (κ1) is 24.8. The van der Waals surface area contributed by atoms with Gasteiger partial charge in [-0.2, -0.15) is 10.0 Å². The number of sulfone groups is 1. The highest BCUT2D eigenvalue weighted by molar-refractivity contribution is 8.42. The number of fused-ring (bicyclic) bond motifs is 1. The summed E-state index contributed by atoms with van der Waals surface area (Å²) in [6.07, 6.45) is 2.43. The second-order valence-corrected chi connectivity index (χ2v) is 10.7. The topological polar surface area (TPSA) is 131 Å². The van der Waals surface area contributed by atoms with E-state index in [1.807, 2.05) is 12.1 Å². The minimum atomic E-state index is -3.60. The average Bonchev–Trinajstić information content (AvgIpc) is 3.25. The molecule has 35 heavy (non-hydrogen) atoms. The lowest BCUT2D eigenvalue weighted by Gasteiger charge is -2.20. The largest absolute Gasteiger partial charge is 0.493 e. The van der Waals surface area contributed by atoms with Crippen LogP contribution in [-0.4, -0.2) is 61.3 Å². The molecule has 1 N–H and O–H groups in total. The van der Waals surface area contributed by atoms with Crippen molar-refractivity contribution in [3.8, 4) is 17.2 Å². The zero-order valence-electron chi connectivity index (χ0n) is 18.5. The molecule has 0 saturated carbocycles. The van der Waals surface area contributed by atoms with Crippen molar-refractivity contribution in [2.24, 2.45) is 10.1 Å². The van der Waals surface area contributed by atoms with E-state index in [0.717, 1.165) is 23.0 Å². The Hall–Kier alpha value is -3.35. The fourth-order valence-corrected chi connectivity index (χ4v) is 4.98. The number of halogens is 1. The molecule has 0 bridgehead atoms. The van der Waals surface area contributed by atoms with Crippen LogP contribution in [0.1, 0.15) is 5.56 Å². The number of para-hydroxylation sites is 2. The van der Waals surface area contributed by atoms with Crippen molar-refractivity contribution in [3.63, 3.8) is 0 Å². The fraction of sp³-hybridized carbons (Fsp3) is 0.182. The van der Waals surface area contributed by atoms with E-state index in [9.17, 15) is 13.2 Å². The number of methoxy groups -OCH3 is 1. The molecule has 2 heterocycles. The third kappa shape index (κ3) is 5.50. The summed E-state index contributed by atoms with van der Waals surface area (Å²) < 4.78 is 39.9. The molecule has 2 aromatic rings. The van der Waals surface area contributed by atoms with Gasteiger partial charge in [0.15, 0.2) is 17.3 Å². The van der Waals surface area contributed by atoms with Crippen molar-refractivity contribution in [1.29, 1.82) is 5.41 Å². The number of amides is 1. The Morgan fingerprint density at radius 1 is 1.11 bits per heavy atom. The van der Waals surface area contributed by atoms with Crippen LogP contribution in [0.15, 0.2) is 58.1 Å². The number of hydrogen-bond acceptors (Lipinski definition) is 9. The maximum atomic E-state index is 12.5. The van der Waals surface area contributed by atoms with Crippen LogP contribution < -0.4 is 14.2 Å². The molecule has 182 valence electrons. The number of hydrogen-bond donors (Lipinski definition) is 1. The maximum Gasteiger partial charge on any atom is 0.283 e. The lowest BCUT2D eigenvalue weighted by Crippen LogP contribution is -2.35. The third-order valence-electron chi connectivity index (χ3n) is 4.69. The standard InChI is InChI=1S/C22H19ClN4O6S2/c1-31-17-5-3-4-6-18(17)33-10-9-32-16-8-7-13(12-15(16)23)11-14-19(24)27-21(25-20(14)28)34-22(26-27)35(2,29)30/h3-8,11-12,24H,9-10H2,1-2H3/b14-11-,24-19?. The fourth-order valence-electron chi connectivity index (χ4n) is 3.06. The van der Waals surface area contributed by atoms with Crippen molar-refractivity contribution < 1.29 is 27.4 Å². The quantitative estimate of drug-likeness (QED) is 0.422. The molecule has 0 atom stereocenters. The normalized spacial score (nSPS) is 16.7. The van der Waals surface area contributed by atoms with Crippen molar-refractivity contribution >= 4 is 60.6 Å². The predicted molar refractivity (Wildman–Crippen MR) is 135 cm³/mol. The molecule has 2 aliphatic heterocycles. The Morgan fingerprint density at radius 2 is 1.80 bits per heavy atom.